The van der Waals surface area contributed by atoms with Gasteiger partial charge in [-0.15, -0.1) is 0 Å². The van der Waals surface area contributed by atoms with Crippen molar-refractivity contribution in [3.05, 3.63) is 51.7 Å². The van der Waals surface area contributed by atoms with Crippen LogP contribution in [0.1, 0.15) is 10.4 Å². The van der Waals surface area contributed by atoms with Crippen LogP contribution in [0.15, 0.2) is 45.9 Å². The molecule has 0 atom stereocenters. The Labute approximate surface area is 134 Å². The lowest BCUT2D eigenvalue weighted by Gasteiger charge is -2.10. The van der Waals surface area contributed by atoms with Gasteiger partial charge < -0.3 is 5.11 Å². The van der Waals surface area contributed by atoms with E-state index in [0.29, 0.717) is 4.47 Å². The van der Waals surface area contributed by atoms with E-state index in [-0.39, 0.29) is 21.3 Å². The van der Waals surface area contributed by atoms with Crippen LogP contribution in [-0.2, 0) is 10.0 Å². The molecule has 1 heterocycles. The van der Waals surface area contributed by atoms with Gasteiger partial charge in [-0.05, 0) is 30.3 Å². The molecule has 1 aromatic carbocycles. The molecule has 0 aliphatic heterocycles. The van der Waals surface area contributed by atoms with Gasteiger partial charge in [0.2, 0.25) is 0 Å². The normalized spacial score (nSPS) is 11.1. The number of aromatic carboxylic acids is 1. The maximum absolute atomic E-state index is 12.2. The molecule has 0 fully saturated rings. The molecule has 0 bridgehead atoms. The first-order valence-electron chi connectivity index (χ1n) is 5.47. The molecule has 0 unspecified atom stereocenters. The van der Waals surface area contributed by atoms with Crippen molar-refractivity contribution in [1.29, 1.82) is 0 Å². The SMILES string of the molecule is O=C(O)c1cc(Br)cc(NS(=O)(=O)c2cccnc2Cl)c1. The Morgan fingerprint density at radius 3 is 2.67 bits per heavy atom. The van der Waals surface area contributed by atoms with Gasteiger partial charge in [0.05, 0.1) is 11.3 Å². The van der Waals surface area contributed by atoms with Crippen LogP contribution in [0.25, 0.3) is 0 Å². The zero-order valence-electron chi connectivity index (χ0n) is 10.2. The van der Waals surface area contributed by atoms with Crippen molar-refractivity contribution in [2.24, 2.45) is 0 Å². The first kappa shape index (κ1) is 15.7. The number of rotatable bonds is 4. The van der Waals surface area contributed by atoms with E-state index >= 15 is 0 Å². The van der Waals surface area contributed by atoms with Crippen LogP contribution in [0.2, 0.25) is 5.15 Å². The third-order valence-corrected chi connectivity index (χ3v) is 4.70. The number of nitrogens with zero attached hydrogens (tertiary/aromatic N) is 1. The van der Waals surface area contributed by atoms with E-state index in [4.69, 9.17) is 16.7 Å². The van der Waals surface area contributed by atoms with Crippen molar-refractivity contribution in [2.75, 3.05) is 4.72 Å². The van der Waals surface area contributed by atoms with Gasteiger partial charge >= 0.3 is 5.97 Å². The summed E-state index contributed by atoms with van der Waals surface area (Å²) in [6.45, 7) is 0. The number of halogens is 2. The molecule has 0 aliphatic carbocycles. The topological polar surface area (TPSA) is 96.4 Å². The van der Waals surface area contributed by atoms with Crippen LogP contribution < -0.4 is 4.72 Å². The summed E-state index contributed by atoms with van der Waals surface area (Å²) < 4.78 is 27.1. The van der Waals surface area contributed by atoms with Crippen LogP contribution in [0.3, 0.4) is 0 Å². The maximum atomic E-state index is 12.2. The van der Waals surface area contributed by atoms with Crippen molar-refractivity contribution in [3.63, 3.8) is 0 Å². The predicted octanol–water partition coefficient (Wildman–Crippen LogP) is 3.00. The van der Waals surface area contributed by atoms with E-state index in [9.17, 15) is 13.2 Å². The Morgan fingerprint density at radius 2 is 2.05 bits per heavy atom. The van der Waals surface area contributed by atoms with Crippen molar-refractivity contribution in [1.82, 2.24) is 4.98 Å². The van der Waals surface area contributed by atoms with E-state index in [1.807, 2.05) is 0 Å². The standard InChI is InChI=1S/C12H8BrClN2O4S/c13-8-4-7(12(17)18)5-9(6-8)16-21(19,20)10-2-1-3-15-11(10)14/h1-6,16H,(H,17,18). The second kappa shape index (κ2) is 6.00. The lowest BCUT2D eigenvalue weighted by Crippen LogP contribution is -2.14. The highest BCUT2D eigenvalue weighted by Crippen LogP contribution is 2.24. The van der Waals surface area contributed by atoms with Crippen LogP contribution in [0.4, 0.5) is 5.69 Å². The molecule has 0 saturated heterocycles. The summed E-state index contributed by atoms with van der Waals surface area (Å²) in [5, 5.41) is 8.80. The van der Waals surface area contributed by atoms with Gasteiger partial charge in [-0.3, -0.25) is 4.72 Å². The molecule has 2 N–H and O–H groups in total. The van der Waals surface area contributed by atoms with E-state index < -0.39 is 16.0 Å². The quantitative estimate of drug-likeness (QED) is 0.781. The van der Waals surface area contributed by atoms with Gasteiger partial charge in [0.1, 0.15) is 10.0 Å². The summed E-state index contributed by atoms with van der Waals surface area (Å²) in [6, 6.07) is 6.73. The Morgan fingerprint density at radius 1 is 1.33 bits per heavy atom. The van der Waals surface area contributed by atoms with Gasteiger partial charge in [-0.25, -0.2) is 18.2 Å². The summed E-state index contributed by atoms with van der Waals surface area (Å²) in [6.07, 6.45) is 1.36. The number of anilines is 1. The van der Waals surface area contributed by atoms with Gasteiger partial charge in [0.25, 0.3) is 10.0 Å². The Balaban J connectivity index is 2.42. The number of benzene rings is 1. The van der Waals surface area contributed by atoms with Crippen LogP contribution in [0, 0.1) is 0 Å². The zero-order chi connectivity index (χ0) is 15.6. The van der Waals surface area contributed by atoms with Crippen molar-refractivity contribution < 1.29 is 18.3 Å². The third kappa shape index (κ3) is 3.72. The van der Waals surface area contributed by atoms with E-state index in [1.54, 1.807) is 0 Å². The number of hydrogen-bond acceptors (Lipinski definition) is 4. The predicted molar refractivity (Wildman–Crippen MR) is 81.2 cm³/mol. The highest BCUT2D eigenvalue weighted by molar-refractivity contribution is 9.10. The Kier molecular flexibility index (Phi) is 4.50. The first-order chi connectivity index (χ1) is 9.79. The molecule has 110 valence electrons. The molecule has 2 aromatic rings. The molecule has 9 heteroatoms. The van der Waals surface area contributed by atoms with E-state index in [0.717, 1.165) is 0 Å². The Hall–Kier alpha value is -1.64. The fourth-order valence-electron chi connectivity index (χ4n) is 1.55. The average molecular weight is 392 g/mol. The van der Waals surface area contributed by atoms with Crippen molar-refractivity contribution in [2.45, 2.75) is 4.90 Å². The van der Waals surface area contributed by atoms with E-state index in [1.165, 1.54) is 36.5 Å². The number of sulfonamides is 1. The minimum atomic E-state index is -3.96. The smallest absolute Gasteiger partial charge is 0.335 e. The third-order valence-electron chi connectivity index (χ3n) is 2.41. The summed E-state index contributed by atoms with van der Waals surface area (Å²) in [5.41, 5.74) is 0.0426. The molecule has 0 spiro atoms. The maximum Gasteiger partial charge on any atom is 0.335 e. The second-order valence-electron chi connectivity index (χ2n) is 3.93. The van der Waals surface area contributed by atoms with Gasteiger partial charge in [0, 0.05) is 10.7 Å². The molecule has 21 heavy (non-hydrogen) atoms. The van der Waals surface area contributed by atoms with Crippen molar-refractivity contribution in [3.8, 4) is 0 Å². The number of aromatic nitrogens is 1. The summed E-state index contributed by atoms with van der Waals surface area (Å²) in [7, 11) is -3.96. The van der Waals surface area contributed by atoms with Crippen LogP contribution >= 0.6 is 27.5 Å². The molecule has 0 aliphatic rings. The van der Waals surface area contributed by atoms with E-state index in [2.05, 4.69) is 25.6 Å². The lowest BCUT2D eigenvalue weighted by atomic mass is 10.2. The molecule has 6 nitrogen and oxygen atoms in total. The van der Waals surface area contributed by atoms with Crippen LogP contribution in [0.5, 0.6) is 0 Å². The highest BCUT2D eigenvalue weighted by Gasteiger charge is 2.19. The zero-order valence-corrected chi connectivity index (χ0v) is 13.4. The fourth-order valence-corrected chi connectivity index (χ4v) is 3.54. The number of hydrogen-bond donors (Lipinski definition) is 2. The summed E-state index contributed by atoms with van der Waals surface area (Å²) in [4.78, 5) is 14.5. The molecule has 0 radical (unpaired) electrons. The number of pyridine rings is 1. The Bertz CT molecular complexity index is 811. The summed E-state index contributed by atoms with van der Waals surface area (Å²) in [5.74, 6) is -1.17. The highest BCUT2D eigenvalue weighted by atomic mass is 79.9. The molecule has 0 saturated carbocycles. The van der Waals surface area contributed by atoms with Gasteiger partial charge in [-0.1, -0.05) is 27.5 Å². The molecular formula is C12H8BrClN2O4S. The molecule has 1 aromatic heterocycles. The minimum absolute atomic E-state index is 0.0561. The number of carboxylic acids is 1. The first-order valence-corrected chi connectivity index (χ1v) is 8.12. The van der Waals surface area contributed by atoms with Gasteiger partial charge in [-0.2, -0.15) is 0 Å². The number of nitrogens with one attached hydrogen (secondary N) is 1. The monoisotopic (exact) mass is 390 g/mol. The molecular weight excluding hydrogens is 384 g/mol. The molecule has 0 amide bonds. The minimum Gasteiger partial charge on any atom is -0.478 e. The lowest BCUT2D eigenvalue weighted by molar-refractivity contribution is 0.0697. The van der Waals surface area contributed by atoms with Gasteiger partial charge in [0.15, 0.2) is 0 Å². The second-order valence-corrected chi connectivity index (χ2v) is 6.86. The fraction of sp³-hybridized carbons (Fsp3) is 0. The number of carboxylic acid groups (broad SMARTS) is 1. The van der Waals surface area contributed by atoms with Crippen LogP contribution in [-0.4, -0.2) is 24.5 Å². The number of carbonyl (C=O) groups is 1. The van der Waals surface area contributed by atoms with Crippen molar-refractivity contribution >= 4 is 49.2 Å². The largest absolute Gasteiger partial charge is 0.478 e. The average Bonchev–Trinajstić information content (AvgIpc) is 2.37. The molecule has 2 rings (SSSR count). The summed E-state index contributed by atoms with van der Waals surface area (Å²) >= 11 is 8.88.